The third-order valence-corrected chi connectivity index (χ3v) is 6.53. The number of hydrogen-bond acceptors (Lipinski definition) is 6. The minimum Gasteiger partial charge on any atom is -0.490 e. The Hall–Kier alpha value is -2.06. The number of aliphatic carboxylic acids is 1. The van der Waals surface area contributed by atoms with E-state index in [1.165, 1.54) is 11.3 Å². The molecule has 0 aliphatic carbocycles. The summed E-state index contributed by atoms with van der Waals surface area (Å²) in [6.07, 6.45) is -0.899. The summed E-state index contributed by atoms with van der Waals surface area (Å²) in [7, 11) is 0. The molecule has 152 valence electrons. The van der Waals surface area contributed by atoms with Crippen LogP contribution >= 0.6 is 34.7 Å². The molecule has 0 radical (unpaired) electrons. The second kappa shape index (κ2) is 9.17. The molecule has 1 unspecified atom stereocenters. The number of thiazole rings is 1. The van der Waals surface area contributed by atoms with Gasteiger partial charge >= 0.3 is 5.97 Å². The predicted molar refractivity (Wildman–Crippen MR) is 117 cm³/mol. The van der Waals surface area contributed by atoms with E-state index in [0.717, 1.165) is 22.9 Å². The Labute approximate surface area is 182 Å². The molecule has 0 aliphatic heterocycles. The molecule has 2 N–H and O–H groups in total. The fraction of sp³-hybridized carbons (Fsp3) is 0.238. The molecule has 0 fully saturated rings. The summed E-state index contributed by atoms with van der Waals surface area (Å²) in [5.41, 5.74) is 2.56. The molecule has 0 saturated heterocycles. The van der Waals surface area contributed by atoms with Crippen molar-refractivity contribution in [2.45, 2.75) is 29.0 Å². The van der Waals surface area contributed by atoms with Gasteiger partial charge in [0.05, 0.1) is 5.69 Å². The van der Waals surface area contributed by atoms with E-state index < -0.39 is 16.8 Å². The zero-order chi connectivity index (χ0) is 21.0. The van der Waals surface area contributed by atoms with Crippen LogP contribution in [0.4, 0.5) is 0 Å². The van der Waals surface area contributed by atoms with Crippen LogP contribution in [0.5, 0.6) is 5.75 Å². The number of carbonyl (C=O) groups is 1. The van der Waals surface area contributed by atoms with E-state index in [2.05, 4.69) is 4.98 Å². The maximum absolute atomic E-state index is 11.2. The fourth-order valence-corrected chi connectivity index (χ4v) is 4.73. The molecule has 2 aromatic carbocycles. The largest absolute Gasteiger partial charge is 0.490 e. The van der Waals surface area contributed by atoms with Gasteiger partial charge in [-0.3, -0.25) is 4.79 Å². The number of ether oxygens (including phenoxy) is 1. The highest BCUT2D eigenvalue weighted by Gasteiger charge is 2.30. The van der Waals surface area contributed by atoms with Gasteiger partial charge in [-0.05, 0) is 49.2 Å². The third-order valence-electron chi connectivity index (χ3n) is 4.14. The average molecular weight is 450 g/mol. The summed E-state index contributed by atoms with van der Waals surface area (Å²) in [5.74, 6) is -0.274. The van der Waals surface area contributed by atoms with Gasteiger partial charge in [-0.25, -0.2) is 4.98 Å². The summed E-state index contributed by atoms with van der Waals surface area (Å²) in [4.78, 5) is 15.6. The second-order valence-electron chi connectivity index (χ2n) is 6.81. The lowest BCUT2D eigenvalue weighted by molar-refractivity contribution is -0.138. The Kier molecular flexibility index (Phi) is 6.85. The lowest BCUT2D eigenvalue weighted by Gasteiger charge is -2.16. The number of thioether (sulfide) groups is 1. The molecule has 0 saturated carbocycles. The highest BCUT2D eigenvalue weighted by atomic mass is 35.5. The quantitative estimate of drug-likeness (QED) is 0.440. The van der Waals surface area contributed by atoms with Crippen molar-refractivity contribution >= 4 is 40.7 Å². The van der Waals surface area contributed by atoms with Gasteiger partial charge in [0.25, 0.3) is 0 Å². The first kappa shape index (κ1) is 21.6. The van der Waals surface area contributed by atoms with Crippen LogP contribution in [0.25, 0.3) is 11.1 Å². The van der Waals surface area contributed by atoms with Gasteiger partial charge in [-0.2, -0.15) is 0 Å². The molecule has 5 nitrogen and oxygen atoms in total. The first-order chi connectivity index (χ1) is 13.7. The maximum atomic E-state index is 11.2. The van der Waals surface area contributed by atoms with E-state index in [1.54, 1.807) is 19.2 Å². The molecule has 1 atom stereocenters. The monoisotopic (exact) mass is 449 g/mol. The summed E-state index contributed by atoms with van der Waals surface area (Å²) in [6.45, 7) is 3.29. The van der Waals surface area contributed by atoms with Gasteiger partial charge in [-0.1, -0.05) is 47.6 Å². The lowest BCUT2D eigenvalue weighted by Crippen LogP contribution is -2.26. The molecule has 3 aromatic rings. The molecule has 0 aliphatic rings. The first-order valence-electron chi connectivity index (χ1n) is 8.79. The lowest BCUT2D eigenvalue weighted by atomic mass is 10.1. The van der Waals surface area contributed by atoms with Crippen molar-refractivity contribution in [2.24, 2.45) is 0 Å². The van der Waals surface area contributed by atoms with Crippen LogP contribution in [0.1, 0.15) is 25.6 Å². The molecule has 0 amide bonds. The van der Waals surface area contributed by atoms with E-state index >= 15 is 0 Å². The maximum Gasteiger partial charge on any atom is 0.319 e. The highest BCUT2D eigenvalue weighted by Crippen LogP contribution is 2.35. The fourth-order valence-electron chi connectivity index (χ4n) is 2.38. The minimum absolute atomic E-state index is 0.0520. The topological polar surface area (TPSA) is 79.7 Å². The second-order valence-corrected chi connectivity index (χ2v) is 9.98. The average Bonchev–Trinajstić information content (AvgIpc) is 3.15. The number of aromatic nitrogens is 1. The highest BCUT2D eigenvalue weighted by molar-refractivity contribution is 8.02. The summed E-state index contributed by atoms with van der Waals surface area (Å²) in [6, 6.07) is 15.2. The third kappa shape index (κ3) is 5.73. The number of carboxylic acid groups (broad SMARTS) is 1. The zero-order valence-corrected chi connectivity index (χ0v) is 18.2. The van der Waals surface area contributed by atoms with E-state index in [1.807, 2.05) is 48.5 Å². The molecule has 0 spiro atoms. The van der Waals surface area contributed by atoms with Crippen molar-refractivity contribution in [3.63, 3.8) is 0 Å². The SMILES string of the molecule is CC(C)(Sc1nc(C(O)COc2ccc(-c3ccc(Cl)cc3)cc2)cs1)C(=O)O. The van der Waals surface area contributed by atoms with Crippen LogP contribution in [0, 0.1) is 0 Å². The van der Waals surface area contributed by atoms with E-state index in [-0.39, 0.29) is 6.61 Å². The summed E-state index contributed by atoms with van der Waals surface area (Å²) in [5, 5.41) is 22.0. The van der Waals surface area contributed by atoms with Crippen molar-refractivity contribution in [1.29, 1.82) is 0 Å². The van der Waals surface area contributed by atoms with E-state index in [9.17, 15) is 15.0 Å². The number of rotatable bonds is 8. The Morgan fingerprint density at radius 3 is 2.34 bits per heavy atom. The van der Waals surface area contributed by atoms with Gasteiger partial charge in [-0.15, -0.1) is 11.3 Å². The van der Waals surface area contributed by atoms with Crippen molar-refractivity contribution in [1.82, 2.24) is 4.98 Å². The molecule has 29 heavy (non-hydrogen) atoms. The van der Waals surface area contributed by atoms with Gasteiger partial charge in [0, 0.05) is 10.4 Å². The Bertz CT molecular complexity index is 971. The number of benzene rings is 2. The Balaban J connectivity index is 1.57. The van der Waals surface area contributed by atoms with Gasteiger partial charge in [0.1, 0.15) is 23.2 Å². The van der Waals surface area contributed by atoms with Crippen LogP contribution in [0.15, 0.2) is 58.3 Å². The summed E-state index contributed by atoms with van der Waals surface area (Å²) < 4.78 is 5.29. The van der Waals surface area contributed by atoms with Gasteiger partial charge in [0.2, 0.25) is 0 Å². The normalized spacial score (nSPS) is 12.6. The molecular weight excluding hydrogens is 430 g/mol. The number of carboxylic acids is 1. The minimum atomic E-state index is -0.984. The summed E-state index contributed by atoms with van der Waals surface area (Å²) >= 11 is 8.38. The van der Waals surface area contributed by atoms with Crippen molar-refractivity contribution in [3.05, 3.63) is 64.6 Å². The molecule has 1 heterocycles. The van der Waals surface area contributed by atoms with Crippen molar-refractivity contribution in [3.8, 4) is 16.9 Å². The Morgan fingerprint density at radius 2 is 1.76 bits per heavy atom. The number of nitrogens with zero attached hydrogens (tertiary/aromatic N) is 1. The number of aliphatic hydroxyl groups is 1. The van der Waals surface area contributed by atoms with Crippen LogP contribution in [0.3, 0.4) is 0 Å². The zero-order valence-electron chi connectivity index (χ0n) is 15.8. The van der Waals surface area contributed by atoms with E-state index in [0.29, 0.717) is 20.8 Å². The molecular formula is C21H20ClNO4S2. The smallest absolute Gasteiger partial charge is 0.319 e. The molecule has 8 heteroatoms. The first-order valence-corrected chi connectivity index (χ1v) is 10.9. The van der Waals surface area contributed by atoms with Crippen molar-refractivity contribution in [2.75, 3.05) is 6.61 Å². The predicted octanol–water partition coefficient (Wildman–Crippen LogP) is 5.53. The van der Waals surface area contributed by atoms with Crippen LogP contribution in [-0.2, 0) is 4.79 Å². The standard InChI is InChI=1S/C21H20ClNO4S2/c1-21(2,19(25)26)29-20-23-17(12-28-20)18(24)11-27-16-9-5-14(6-10-16)13-3-7-15(22)8-4-13/h3-10,12,18,24H,11H2,1-2H3,(H,25,26). The molecule has 1 aromatic heterocycles. The number of hydrogen-bond donors (Lipinski definition) is 2. The van der Waals surface area contributed by atoms with Crippen molar-refractivity contribution < 1.29 is 19.7 Å². The van der Waals surface area contributed by atoms with Crippen LogP contribution in [0.2, 0.25) is 5.02 Å². The number of aliphatic hydroxyl groups excluding tert-OH is 1. The van der Waals surface area contributed by atoms with Crippen LogP contribution in [-0.4, -0.2) is 32.5 Å². The number of halogens is 1. The van der Waals surface area contributed by atoms with Gasteiger partial charge < -0.3 is 14.9 Å². The van der Waals surface area contributed by atoms with Gasteiger partial charge in [0.15, 0.2) is 4.34 Å². The Morgan fingerprint density at radius 1 is 1.17 bits per heavy atom. The van der Waals surface area contributed by atoms with E-state index in [4.69, 9.17) is 16.3 Å². The molecule has 0 bridgehead atoms. The molecule has 3 rings (SSSR count). The van der Waals surface area contributed by atoms with Crippen LogP contribution < -0.4 is 4.74 Å².